The Hall–Kier alpha value is -2.38. The average molecular weight is 366 g/mol. The zero-order valence-electron chi connectivity index (χ0n) is 12.4. The molecule has 1 aromatic carbocycles. The van der Waals surface area contributed by atoms with Crippen molar-refractivity contribution in [1.82, 2.24) is 4.57 Å². The molecule has 2 heterocycles. The number of oxazole rings is 1. The number of thiophene rings is 1. The number of aryl methyl sites for hydroxylation is 1. The van der Waals surface area contributed by atoms with Crippen molar-refractivity contribution in [3.05, 3.63) is 56.2 Å². The highest BCUT2D eigenvalue weighted by Crippen LogP contribution is 2.21. The summed E-state index contributed by atoms with van der Waals surface area (Å²) in [4.78, 5) is 35.8. The van der Waals surface area contributed by atoms with E-state index < -0.39 is 11.7 Å². The fourth-order valence-electron chi connectivity index (χ4n) is 2.18. The van der Waals surface area contributed by atoms with Crippen molar-refractivity contribution >= 4 is 45.8 Å². The molecule has 3 rings (SSSR count). The van der Waals surface area contributed by atoms with E-state index in [-0.39, 0.29) is 25.4 Å². The van der Waals surface area contributed by atoms with Crippen LogP contribution in [0, 0.1) is 0 Å². The number of carbonyl (C=O) groups is 2. The number of ether oxygens (including phenoxy) is 1. The van der Waals surface area contributed by atoms with E-state index in [1.54, 1.807) is 36.4 Å². The predicted octanol–water partition coefficient (Wildman–Crippen LogP) is 3.13. The van der Waals surface area contributed by atoms with Crippen LogP contribution in [0.1, 0.15) is 16.1 Å². The third kappa shape index (κ3) is 3.58. The molecule has 0 atom stereocenters. The van der Waals surface area contributed by atoms with Gasteiger partial charge in [-0.1, -0.05) is 23.7 Å². The standard InChI is InChI=1S/C16H12ClNO5S/c17-14-6-5-13(24-14)11(19)9-22-15(20)7-8-18-10-3-1-2-4-12(10)23-16(18)21/h1-6H,7-9H2. The third-order valence-electron chi connectivity index (χ3n) is 3.33. The third-order valence-corrected chi connectivity index (χ3v) is 4.60. The summed E-state index contributed by atoms with van der Waals surface area (Å²) < 4.78 is 11.9. The molecule has 0 bridgehead atoms. The van der Waals surface area contributed by atoms with Gasteiger partial charge in [0, 0.05) is 6.54 Å². The first kappa shape index (κ1) is 16.5. The second-order valence-corrected chi connectivity index (χ2v) is 6.64. The first-order valence-electron chi connectivity index (χ1n) is 7.07. The highest BCUT2D eigenvalue weighted by atomic mass is 35.5. The highest BCUT2D eigenvalue weighted by molar-refractivity contribution is 7.18. The van der Waals surface area contributed by atoms with E-state index >= 15 is 0 Å². The largest absolute Gasteiger partial charge is 0.457 e. The maximum absolute atomic E-state index is 11.8. The van der Waals surface area contributed by atoms with Crippen LogP contribution in [0.5, 0.6) is 0 Å². The molecule has 0 aliphatic rings. The van der Waals surface area contributed by atoms with Gasteiger partial charge in [-0.3, -0.25) is 14.2 Å². The van der Waals surface area contributed by atoms with Gasteiger partial charge in [0.15, 0.2) is 12.2 Å². The lowest BCUT2D eigenvalue weighted by atomic mass is 10.3. The summed E-state index contributed by atoms with van der Waals surface area (Å²) >= 11 is 6.88. The summed E-state index contributed by atoms with van der Waals surface area (Å²) in [6.07, 6.45) is -0.0398. The number of ketones is 1. The highest BCUT2D eigenvalue weighted by Gasteiger charge is 2.14. The molecule has 0 saturated heterocycles. The van der Waals surface area contributed by atoms with Crippen LogP contribution in [-0.4, -0.2) is 22.9 Å². The van der Waals surface area contributed by atoms with Crippen molar-refractivity contribution in [2.75, 3.05) is 6.61 Å². The first-order chi connectivity index (χ1) is 11.5. The molecule has 3 aromatic rings. The van der Waals surface area contributed by atoms with Crippen molar-refractivity contribution in [1.29, 1.82) is 0 Å². The topological polar surface area (TPSA) is 78.5 Å². The van der Waals surface area contributed by atoms with Crippen LogP contribution >= 0.6 is 22.9 Å². The number of aromatic nitrogens is 1. The molecule has 0 fully saturated rings. The van der Waals surface area contributed by atoms with E-state index in [0.29, 0.717) is 20.3 Å². The number of fused-ring (bicyclic) bond motifs is 1. The number of hydrogen-bond acceptors (Lipinski definition) is 6. The molecule has 124 valence electrons. The molecule has 0 saturated carbocycles. The molecule has 6 nitrogen and oxygen atoms in total. The molecule has 24 heavy (non-hydrogen) atoms. The average Bonchev–Trinajstić information content (AvgIpc) is 3.13. The Morgan fingerprint density at radius 3 is 2.75 bits per heavy atom. The molecule has 8 heteroatoms. The lowest BCUT2D eigenvalue weighted by molar-refractivity contribution is -0.142. The zero-order valence-corrected chi connectivity index (χ0v) is 13.9. The number of rotatable bonds is 6. The van der Waals surface area contributed by atoms with Gasteiger partial charge in [0.25, 0.3) is 0 Å². The molecular weight excluding hydrogens is 354 g/mol. The van der Waals surface area contributed by atoms with Gasteiger partial charge in [-0.15, -0.1) is 11.3 Å². The van der Waals surface area contributed by atoms with E-state index in [0.717, 1.165) is 11.3 Å². The molecule has 0 N–H and O–H groups in total. The Bertz CT molecular complexity index is 955. The summed E-state index contributed by atoms with van der Waals surface area (Å²) in [5, 5.41) is 0. The van der Waals surface area contributed by atoms with Crippen LogP contribution in [0.2, 0.25) is 4.34 Å². The number of para-hydroxylation sites is 2. The van der Waals surface area contributed by atoms with Crippen LogP contribution in [0.15, 0.2) is 45.6 Å². The number of carbonyl (C=O) groups excluding carboxylic acids is 2. The SMILES string of the molecule is O=C(CCn1c(=O)oc2ccccc21)OCC(=O)c1ccc(Cl)s1. The fourth-order valence-corrected chi connectivity index (χ4v) is 3.15. The zero-order chi connectivity index (χ0) is 17.1. The van der Waals surface area contributed by atoms with Gasteiger partial charge >= 0.3 is 11.7 Å². The van der Waals surface area contributed by atoms with Gasteiger partial charge in [0.05, 0.1) is 21.2 Å². The van der Waals surface area contributed by atoms with Gasteiger partial charge in [-0.2, -0.15) is 0 Å². The molecule has 0 radical (unpaired) electrons. The van der Waals surface area contributed by atoms with Crippen LogP contribution in [0.3, 0.4) is 0 Å². The summed E-state index contributed by atoms with van der Waals surface area (Å²) in [5.41, 5.74) is 1.07. The fraction of sp³-hybridized carbons (Fsp3) is 0.188. The Morgan fingerprint density at radius 1 is 1.21 bits per heavy atom. The minimum Gasteiger partial charge on any atom is -0.457 e. The Labute approximate surface area is 145 Å². The number of hydrogen-bond donors (Lipinski definition) is 0. The van der Waals surface area contributed by atoms with Crippen molar-refractivity contribution in [3.63, 3.8) is 0 Å². The summed E-state index contributed by atoms with van der Waals surface area (Å²) in [6.45, 7) is -0.232. The van der Waals surface area contributed by atoms with E-state index in [4.69, 9.17) is 20.8 Å². The maximum Gasteiger partial charge on any atom is 0.419 e. The Balaban J connectivity index is 1.56. The van der Waals surface area contributed by atoms with Gasteiger partial charge in [-0.25, -0.2) is 4.79 Å². The first-order valence-corrected chi connectivity index (χ1v) is 8.26. The van der Waals surface area contributed by atoms with E-state index in [1.807, 2.05) is 0 Å². The molecule has 0 aliphatic carbocycles. The van der Waals surface area contributed by atoms with E-state index in [1.165, 1.54) is 4.57 Å². The minimum atomic E-state index is -0.566. The molecule has 2 aromatic heterocycles. The van der Waals surface area contributed by atoms with Crippen molar-refractivity contribution in [3.8, 4) is 0 Å². The number of nitrogens with zero attached hydrogens (tertiary/aromatic N) is 1. The van der Waals surface area contributed by atoms with Gasteiger partial charge in [0.2, 0.25) is 5.78 Å². The molecule has 0 unspecified atom stereocenters. The number of halogens is 1. The molecular formula is C16H12ClNO5S. The second-order valence-electron chi connectivity index (χ2n) is 4.92. The minimum absolute atomic E-state index is 0.0398. The maximum atomic E-state index is 11.8. The van der Waals surface area contributed by atoms with Gasteiger partial charge in [0.1, 0.15) is 0 Å². The number of benzene rings is 1. The van der Waals surface area contributed by atoms with Crippen LogP contribution in [-0.2, 0) is 16.1 Å². The molecule has 0 aliphatic heterocycles. The van der Waals surface area contributed by atoms with Gasteiger partial charge in [-0.05, 0) is 24.3 Å². The monoisotopic (exact) mass is 365 g/mol. The predicted molar refractivity (Wildman–Crippen MR) is 89.7 cm³/mol. The van der Waals surface area contributed by atoms with Crippen molar-refractivity contribution in [2.24, 2.45) is 0 Å². The lowest BCUT2D eigenvalue weighted by Gasteiger charge is -2.04. The van der Waals surface area contributed by atoms with E-state index in [2.05, 4.69) is 0 Å². The Morgan fingerprint density at radius 2 is 2.00 bits per heavy atom. The lowest BCUT2D eigenvalue weighted by Crippen LogP contribution is -2.19. The van der Waals surface area contributed by atoms with Crippen LogP contribution < -0.4 is 5.76 Å². The quantitative estimate of drug-likeness (QED) is 0.495. The van der Waals surface area contributed by atoms with Gasteiger partial charge < -0.3 is 9.15 Å². The normalized spacial score (nSPS) is 10.9. The summed E-state index contributed by atoms with van der Waals surface area (Å²) in [7, 11) is 0. The van der Waals surface area contributed by atoms with Crippen molar-refractivity contribution in [2.45, 2.75) is 13.0 Å². The molecule has 0 amide bonds. The van der Waals surface area contributed by atoms with E-state index in [9.17, 15) is 14.4 Å². The Kier molecular flexibility index (Phi) is 4.82. The number of esters is 1. The van der Waals surface area contributed by atoms with Crippen molar-refractivity contribution < 1.29 is 18.7 Å². The van der Waals surface area contributed by atoms with Crippen LogP contribution in [0.25, 0.3) is 11.1 Å². The van der Waals surface area contributed by atoms with Crippen LogP contribution in [0.4, 0.5) is 0 Å². The second kappa shape index (κ2) is 7.02. The summed E-state index contributed by atoms with van der Waals surface area (Å²) in [5.74, 6) is -1.41. The number of Topliss-reactive ketones (excluding diaryl/α,β-unsaturated/α-hetero) is 1. The molecule has 0 spiro atoms. The smallest absolute Gasteiger partial charge is 0.419 e. The summed E-state index contributed by atoms with van der Waals surface area (Å²) in [6, 6.07) is 10.1.